The first kappa shape index (κ1) is 9.73. The molecule has 0 saturated heterocycles. The van der Waals surface area contributed by atoms with Crippen LogP contribution >= 0.6 is 0 Å². The van der Waals surface area contributed by atoms with Gasteiger partial charge in [0.2, 0.25) is 0 Å². The van der Waals surface area contributed by atoms with Crippen molar-refractivity contribution in [1.29, 1.82) is 0 Å². The zero-order valence-electron chi connectivity index (χ0n) is 7.84. The van der Waals surface area contributed by atoms with E-state index >= 15 is 0 Å². The van der Waals surface area contributed by atoms with Gasteiger partial charge in [0.25, 0.3) is 0 Å². The Morgan fingerprint density at radius 2 is 1.87 bits per heavy atom. The molecule has 1 atom stereocenters. The van der Waals surface area contributed by atoms with Gasteiger partial charge in [-0.1, -0.05) is 12.1 Å². The molecular formula is C11H9FN2O. The molecule has 0 bridgehead atoms. The largest absolute Gasteiger partial charge is 0.382 e. The third-order valence-electron chi connectivity index (χ3n) is 2.07. The van der Waals surface area contributed by atoms with Crippen LogP contribution in [0.15, 0.2) is 42.9 Å². The SMILES string of the molecule is OC(c1ccc(F)cc1)c1ccncn1. The van der Waals surface area contributed by atoms with E-state index in [4.69, 9.17) is 0 Å². The van der Waals surface area contributed by atoms with Gasteiger partial charge in [0.15, 0.2) is 0 Å². The molecule has 1 unspecified atom stereocenters. The average molecular weight is 204 g/mol. The summed E-state index contributed by atoms with van der Waals surface area (Å²) in [7, 11) is 0. The second-order valence-electron chi connectivity index (χ2n) is 3.09. The summed E-state index contributed by atoms with van der Waals surface area (Å²) in [5.41, 5.74) is 1.10. The van der Waals surface area contributed by atoms with Crippen LogP contribution in [0.4, 0.5) is 4.39 Å². The Bertz CT molecular complexity index is 430. The van der Waals surface area contributed by atoms with E-state index in [1.165, 1.54) is 30.6 Å². The molecule has 0 fully saturated rings. The van der Waals surface area contributed by atoms with Crippen LogP contribution in [-0.2, 0) is 0 Å². The van der Waals surface area contributed by atoms with Crippen molar-refractivity contribution in [2.75, 3.05) is 0 Å². The first-order chi connectivity index (χ1) is 7.27. The smallest absolute Gasteiger partial charge is 0.123 e. The van der Waals surface area contributed by atoms with E-state index in [0.29, 0.717) is 11.3 Å². The highest BCUT2D eigenvalue weighted by atomic mass is 19.1. The number of rotatable bonds is 2. The predicted octanol–water partition coefficient (Wildman–Crippen LogP) is 1.70. The van der Waals surface area contributed by atoms with Gasteiger partial charge in [0, 0.05) is 6.20 Å². The molecule has 0 aliphatic carbocycles. The third kappa shape index (κ3) is 2.16. The second kappa shape index (κ2) is 4.14. The van der Waals surface area contributed by atoms with Crippen LogP contribution < -0.4 is 0 Å². The first-order valence-corrected chi connectivity index (χ1v) is 4.47. The molecule has 0 aliphatic heterocycles. The topological polar surface area (TPSA) is 46.0 Å². The summed E-state index contributed by atoms with van der Waals surface area (Å²) in [5.74, 6) is -0.325. The third-order valence-corrected chi connectivity index (χ3v) is 2.07. The number of halogens is 1. The maximum atomic E-state index is 12.6. The minimum Gasteiger partial charge on any atom is -0.382 e. The van der Waals surface area contributed by atoms with Crippen molar-refractivity contribution in [3.8, 4) is 0 Å². The maximum absolute atomic E-state index is 12.6. The molecule has 0 amide bonds. The summed E-state index contributed by atoms with van der Waals surface area (Å²) in [5, 5.41) is 9.87. The van der Waals surface area contributed by atoms with Crippen LogP contribution in [0.3, 0.4) is 0 Å². The highest BCUT2D eigenvalue weighted by Crippen LogP contribution is 2.19. The number of aromatic nitrogens is 2. The van der Waals surface area contributed by atoms with Crippen molar-refractivity contribution in [3.05, 3.63) is 59.9 Å². The summed E-state index contributed by atoms with van der Waals surface area (Å²) >= 11 is 0. The van der Waals surface area contributed by atoms with Gasteiger partial charge in [-0.25, -0.2) is 14.4 Å². The molecule has 76 valence electrons. The van der Waals surface area contributed by atoms with E-state index in [-0.39, 0.29) is 5.82 Å². The second-order valence-corrected chi connectivity index (χ2v) is 3.09. The minimum absolute atomic E-state index is 0.325. The Morgan fingerprint density at radius 1 is 1.13 bits per heavy atom. The van der Waals surface area contributed by atoms with Gasteiger partial charge in [-0.2, -0.15) is 0 Å². The molecule has 0 saturated carbocycles. The zero-order chi connectivity index (χ0) is 10.7. The summed E-state index contributed by atoms with van der Waals surface area (Å²) in [6.45, 7) is 0. The molecule has 0 spiro atoms. The molecule has 1 N–H and O–H groups in total. The lowest BCUT2D eigenvalue weighted by Crippen LogP contribution is -2.02. The van der Waals surface area contributed by atoms with Crippen LogP contribution in [-0.4, -0.2) is 15.1 Å². The lowest BCUT2D eigenvalue weighted by atomic mass is 10.1. The molecule has 1 aromatic heterocycles. The van der Waals surface area contributed by atoms with Gasteiger partial charge in [0.05, 0.1) is 5.69 Å². The van der Waals surface area contributed by atoms with Crippen molar-refractivity contribution >= 4 is 0 Å². The number of hydrogen-bond donors (Lipinski definition) is 1. The van der Waals surface area contributed by atoms with Crippen molar-refractivity contribution in [1.82, 2.24) is 9.97 Å². The van der Waals surface area contributed by atoms with Gasteiger partial charge in [-0.15, -0.1) is 0 Å². The summed E-state index contributed by atoms with van der Waals surface area (Å²) < 4.78 is 12.6. The van der Waals surface area contributed by atoms with E-state index in [9.17, 15) is 9.50 Å². The van der Waals surface area contributed by atoms with Gasteiger partial charge in [0.1, 0.15) is 18.2 Å². The highest BCUT2D eigenvalue weighted by molar-refractivity contribution is 5.25. The van der Waals surface area contributed by atoms with E-state index in [1.54, 1.807) is 12.3 Å². The molecular weight excluding hydrogens is 195 g/mol. The van der Waals surface area contributed by atoms with Crippen LogP contribution in [0.2, 0.25) is 0 Å². The molecule has 1 aromatic carbocycles. The molecule has 2 rings (SSSR count). The van der Waals surface area contributed by atoms with Gasteiger partial charge in [-0.05, 0) is 23.8 Å². The van der Waals surface area contributed by atoms with Crippen LogP contribution in [0, 0.1) is 5.82 Å². The van der Waals surface area contributed by atoms with Gasteiger partial charge >= 0.3 is 0 Å². The van der Waals surface area contributed by atoms with E-state index in [1.807, 2.05) is 0 Å². The quantitative estimate of drug-likeness (QED) is 0.809. The summed E-state index contributed by atoms with van der Waals surface area (Å²) in [4.78, 5) is 7.68. The lowest BCUT2D eigenvalue weighted by molar-refractivity contribution is 0.215. The Kier molecular flexibility index (Phi) is 2.69. The van der Waals surface area contributed by atoms with Crippen LogP contribution in [0.1, 0.15) is 17.4 Å². The predicted molar refractivity (Wildman–Crippen MR) is 52.5 cm³/mol. The zero-order valence-corrected chi connectivity index (χ0v) is 7.84. The van der Waals surface area contributed by atoms with Crippen LogP contribution in [0.25, 0.3) is 0 Å². The highest BCUT2D eigenvalue weighted by Gasteiger charge is 2.10. The molecule has 4 heteroatoms. The molecule has 0 aliphatic rings. The fourth-order valence-electron chi connectivity index (χ4n) is 1.28. The monoisotopic (exact) mass is 204 g/mol. The van der Waals surface area contributed by atoms with Gasteiger partial charge < -0.3 is 5.11 Å². The van der Waals surface area contributed by atoms with E-state index in [0.717, 1.165) is 0 Å². The fraction of sp³-hybridized carbons (Fsp3) is 0.0909. The Hall–Kier alpha value is -1.81. The summed E-state index contributed by atoms with van der Waals surface area (Å²) in [6, 6.07) is 7.29. The van der Waals surface area contributed by atoms with E-state index in [2.05, 4.69) is 9.97 Å². The standard InChI is InChI=1S/C11H9FN2O/c12-9-3-1-8(2-4-9)11(15)10-5-6-13-7-14-10/h1-7,11,15H. The van der Waals surface area contributed by atoms with Crippen molar-refractivity contribution < 1.29 is 9.50 Å². The van der Waals surface area contributed by atoms with Crippen molar-refractivity contribution in [2.45, 2.75) is 6.10 Å². The maximum Gasteiger partial charge on any atom is 0.123 e. The molecule has 2 aromatic rings. The molecule has 1 heterocycles. The van der Waals surface area contributed by atoms with Gasteiger partial charge in [-0.3, -0.25) is 0 Å². The number of benzene rings is 1. The normalized spacial score (nSPS) is 12.4. The Labute approximate surface area is 86.3 Å². The van der Waals surface area contributed by atoms with Crippen molar-refractivity contribution in [3.63, 3.8) is 0 Å². The summed E-state index contributed by atoms with van der Waals surface area (Å²) in [6.07, 6.45) is 2.07. The molecule has 3 nitrogen and oxygen atoms in total. The number of aliphatic hydroxyl groups excluding tert-OH is 1. The molecule has 0 radical (unpaired) electrons. The van der Waals surface area contributed by atoms with E-state index < -0.39 is 6.10 Å². The first-order valence-electron chi connectivity index (χ1n) is 4.47. The Morgan fingerprint density at radius 3 is 2.47 bits per heavy atom. The number of aliphatic hydroxyl groups is 1. The van der Waals surface area contributed by atoms with Crippen LogP contribution in [0.5, 0.6) is 0 Å². The van der Waals surface area contributed by atoms with Crippen molar-refractivity contribution in [2.24, 2.45) is 0 Å². The fourth-order valence-corrected chi connectivity index (χ4v) is 1.28. The average Bonchev–Trinajstić information content (AvgIpc) is 2.30. The Balaban J connectivity index is 2.29. The number of hydrogen-bond acceptors (Lipinski definition) is 3. The number of nitrogens with zero attached hydrogens (tertiary/aromatic N) is 2. The molecule has 15 heavy (non-hydrogen) atoms. The lowest BCUT2D eigenvalue weighted by Gasteiger charge is -2.09. The minimum atomic E-state index is -0.839.